The second-order valence-electron chi connectivity index (χ2n) is 1.68. The van der Waals surface area contributed by atoms with E-state index in [-0.39, 0.29) is 18.9 Å². The highest BCUT2D eigenvalue weighted by atomic mass is 16.3. The van der Waals surface area contributed by atoms with Gasteiger partial charge < -0.3 is 10.4 Å². The molecule has 0 bridgehead atoms. The monoisotopic (exact) mass is 130 g/mol. The van der Waals surface area contributed by atoms with Crippen LogP contribution in [0.1, 0.15) is 12.8 Å². The van der Waals surface area contributed by atoms with Crippen molar-refractivity contribution in [3.63, 3.8) is 0 Å². The van der Waals surface area contributed by atoms with E-state index in [4.69, 9.17) is 5.11 Å². The van der Waals surface area contributed by atoms with Gasteiger partial charge in [-0.2, -0.15) is 0 Å². The molecule has 0 aromatic carbocycles. The summed E-state index contributed by atoms with van der Waals surface area (Å²) in [5, 5.41) is 10.9. The second-order valence-corrected chi connectivity index (χ2v) is 1.68. The molecule has 0 unspecified atom stereocenters. The molecule has 0 heterocycles. The summed E-state index contributed by atoms with van der Waals surface area (Å²) >= 11 is 0. The molecule has 0 aliphatic rings. The lowest BCUT2D eigenvalue weighted by Crippen LogP contribution is -2.23. The Kier molecular flexibility index (Phi) is 5.21. The first-order chi connectivity index (χ1) is 4.31. The number of carbonyl (C=O) groups excluding carboxylic acids is 1. The molecule has 0 rings (SSSR count). The van der Waals surface area contributed by atoms with E-state index in [2.05, 4.69) is 12.2 Å². The lowest BCUT2D eigenvalue weighted by molar-refractivity contribution is -0.120. The Morgan fingerprint density at radius 3 is 2.78 bits per heavy atom. The van der Waals surface area contributed by atoms with Crippen LogP contribution in [0.4, 0.5) is 0 Å². The fourth-order valence-electron chi connectivity index (χ4n) is 0.395. The van der Waals surface area contributed by atoms with Crippen LogP contribution in [-0.4, -0.2) is 24.2 Å². The number of hydrogen-bond donors (Lipinski definition) is 2. The minimum Gasteiger partial charge on any atom is -0.396 e. The zero-order valence-electron chi connectivity index (χ0n) is 5.39. The minimum atomic E-state index is -0.0662. The van der Waals surface area contributed by atoms with Crippen molar-refractivity contribution in [1.29, 1.82) is 0 Å². The van der Waals surface area contributed by atoms with Crippen molar-refractivity contribution in [3.05, 3.63) is 6.92 Å². The summed E-state index contributed by atoms with van der Waals surface area (Å²) < 4.78 is 0. The highest BCUT2D eigenvalue weighted by molar-refractivity contribution is 5.76. The maximum atomic E-state index is 10.4. The van der Waals surface area contributed by atoms with Crippen molar-refractivity contribution in [3.8, 4) is 0 Å². The fraction of sp³-hybridized carbons (Fsp3) is 0.667. The lowest BCUT2D eigenvalue weighted by atomic mass is 10.4. The summed E-state index contributed by atoms with van der Waals surface area (Å²) in [6.45, 7) is 4.06. The van der Waals surface area contributed by atoms with E-state index in [1.165, 1.54) is 0 Å². The van der Waals surface area contributed by atoms with Gasteiger partial charge in [0.1, 0.15) is 0 Å². The van der Waals surface area contributed by atoms with Crippen molar-refractivity contribution >= 4 is 5.91 Å². The average molecular weight is 130 g/mol. The lowest BCUT2D eigenvalue weighted by Gasteiger charge is -1.98. The van der Waals surface area contributed by atoms with Crippen molar-refractivity contribution < 1.29 is 9.90 Å². The van der Waals surface area contributed by atoms with Crippen LogP contribution in [0.5, 0.6) is 0 Å². The van der Waals surface area contributed by atoms with Crippen LogP contribution >= 0.6 is 0 Å². The summed E-state index contributed by atoms with van der Waals surface area (Å²) in [7, 11) is 0. The first-order valence-corrected chi connectivity index (χ1v) is 2.98. The molecule has 0 aliphatic heterocycles. The molecular weight excluding hydrogens is 118 g/mol. The maximum Gasteiger partial charge on any atom is 0.219 e. The second kappa shape index (κ2) is 5.56. The normalized spacial score (nSPS) is 9.11. The first-order valence-electron chi connectivity index (χ1n) is 2.98. The first kappa shape index (κ1) is 8.43. The number of nitrogens with one attached hydrogen (secondary N) is 1. The van der Waals surface area contributed by atoms with Crippen LogP contribution in [0.2, 0.25) is 0 Å². The molecule has 3 nitrogen and oxygen atoms in total. The molecule has 2 N–H and O–H groups in total. The summed E-state index contributed by atoms with van der Waals surface area (Å²) in [6, 6.07) is 0. The molecule has 0 aliphatic carbocycles. The molecule has 0 saturated carbocycles. The summed E-state index contributed by atoms with van der Waals surface area (Å²) in [4.78, 5) is 10.4. The Balaban J connectivity index is 2.97. The molecule has 0 aromatic heterocycles. The van der Waals surface area contributed by atoms with Gasteiger partial charge in [-0.3, -0.25) is 4.79 Å². The highest BCUT2D eigenvalue weighted by Gasteiger charge is 1.92. The average Bonchev–Trinajstić information content (AvgIpc) is 1.89. The number of aliphatic hydroxyl groups is 1. The van der Waals surface area contributed by atoms with Crippen LogP contribution in [0, 0.1) is 6.92 Å². The van der Waals surface area contributed by atoms with Crippen molar-refractivity contribution in [1.82, 2.24) is 5.32 Å². The summed E-state index contributed by atoms with van der Waals surface area (Å²) in [6.07, 6.45) is 0.886. The number of aliphatic hydroxyl groups excluding tert-OH is 1. The Morgan fingerprint density at radius 1 is 1.67 bits per heavy atom. The smallest absolute Gasteiger partial charge is 0.219 e. The van der Waals surface area contributed by atoms with E-state index in [0.717, 1.165) is 0 Å². The van der Waals surface area contributed by atoms with E-state index >= 15 is 0 Å². The van der Waals surface area contributed by atoms with Gasteiger partial charge in [-0.15, -0.1) is 0 Å². The Morgan fingerprint density at radius 2 is 2.33 bits per heavy atom. The molecule has 3 heteroatoms. The minimum absolute atomic E-state index is 0.0662. The molecular formula is C6H12NO2. The van der Waals surface area contributed by atoms with Gasteiger partial charge >= 0.3 is 0 Å². The standard InChI is InChI=1S/C6H12NO2/c1-2-6(9)7-4-3-5-8/h8H,1-5H2,(H,7,9). The topological polar surface area (TPSA) is 49.3 Å². The molecule has 0 spiro atoms. The predicted molar refractivity (Wildman–Crippen MR) is 34.7 cm³/mol. The third-order valence-electron chi connectivity index (χ3n) is 0.884. The van der Waals surface area contributed by atoms with E-state index < -0.39 is 0 Å². The van der Waals surface area contributed by atoms with E-state index in [9.17, 15) is 4.79 Å². The molecule has 0 fully saturated rings. The molecule has 0 saturated heterocycles. The van der Waals surface area contributed by atoms with Crippen LogP contribution in [0.15, 0.2) is 0 Å². The van der Waals surface area contributed by atoms with Crippen molar-refractivity contribution in [2.75, 3.05) is 13.2 Å². The molecule has 1 amide bonds. The van der Waals surface area contributed by atoms with Gasteiger partial charge in [-0.1, -0.05) is 0 Å². The quantitative estimate of drug-likeness (QED) is 0.514. The van der Waals surface area contributed by atoms with Crippen LogP contribution in [0.3, 0.4) is 0 Å². The maximum absolute atomic E-state index is 10.4. The van der Waals surface area contributed by atoms with Gasteiger partial charge in [0.15, 0.2) is 0 Å². The van der Waals surface area contributed by atoms with E-state index in [1.54, 1.807) is 0 Å². The third kappa shape index (κ3) is 5.30. The molecule has 0 atom stereocenters. The Hall–Kier alpha value is -0.570. The number of rotatable bonds is 4. The van der Waals surface area contributed by atoms with Gasteiger partial charge in [0.2, 0.25) is 5.91 Å². The van der Waals surface area contributed by atoms with Gasteiger partial charge in [0, 0.05) is 19.6 Å². The van der Waals surface area contributed by atoms with Crippen LogP contribution in [0.25, 0.3) is 0 Å². The zero-order chi connectivity index (χ0) is 7.11. The zero-order valence-corrected chi connectivity index (χ0v) is 5.39. The fourth-order valence-corrected chi connectivity index (χ4v) is 0.395. The van der Waals surface area contributed by atoms with Gasteiger partial charge in [0.05, 0.1) is 0 Å². The number of amides is 1. The SMILES string of the molecule is [CH2]CC(=O)NCCCO. The summed E-state index contributed by atoms with van der Waals surface area (Å²) in [5.41, 5.74) is 0. The van der Waals surface area contributed by atoms with E-state index in [0.29, 0.717) is 13.0 Å². The van der Waals surface area contributed by atoms with Crippen molar-refractivity contribution in [2.24, 2.45) is 0 Å². The Labute approximate surface area is 55.1 Å². The van der Waals surface area contributed by atoms with Crippen LogP contribution in [-0.2, 0) is 4.79 Å². The van der Waals surface area contributed by atoms with Gasteiger partial charge in [-0.25, -0.2) is 0 Å². The van der Waals surface area contributed by atoms with Gasteiger partial charge in [-0.05, 0) is 13.3 Å². The van der Waals surface area contributed by atoms with E-state index in [1.807, 2.05) is 0 Å². The van der Waals surface area contributed by atoms with Crippen molar-refractivity contribution in [2.45, 2.75) is 12.8 Å². The predicted octanol–water partition coefficient (Wildman–Crippen LogP) is -0.291. The third-order valence-corrected chi connectivity index (χ3v) is 0.884. The van der Waals surface area contributed by atoms with Gasteiger partial charge in [0.25, 0.3) is 0 Å². The molecule has 9 heavy (non-hydrogen) atoms. The number of carbonyl (C=O) groups is 1. The highest BCUT2D eigenvalue weighted by Crippen LogP contribution is 1.75. The number of hydrogen-bond acceptors (Lipinski definition) is 2. The largest absolute Gasteiger partial charge is 0.396 e. The molecule has 1 radical (unpaired) electrons. The summed E-state index contributed by atoms with van der Waals surface area (Å²) in [5.74, 6) is -0.0662. The molecule has 53 valence electrons. The van der Waals surface area contributed by atoms with Crippen LogP contribution < -0.4 is 5.32 Å². The Bertz CT molecular complexity index is 83.1. The molecule has 0 aromatic rings.